The van der Waals surface area contributed by atoms with Crippen molar-refractivity contribution in [1.29, 1.82) is 0 Å². The first-order chi connectivity index (χ1) is 12.9. The zero-order chi connectivity index (χ0) is 20.2. The average Bonchev–Trinajstić information content (AvgIpc) is 2.64. The van der Waals surface area contributed by atoms with E-state index in [1.807, 2.05) is 12.1 Å². The highest BCUT2D eigenvalue weighted by atomic mass is 16.5. The molecule has 0 aliphatic heterocycles. The smallest absolute Gasteiger partial charge is 0.191 e. The van der Waals surface area contributed by atoms with E-state index in [-0.39, 0.29) is 0 Å². The van der Waals surface area contributed by atoms with Crippen LogP contribution in [0.3, 0.4) is 0 Å². The molecule has 0 amide bonds. The van der Waals surface area contributed by atoms with Crippen molar-refractivity contribution < 1.29 is 9.47 Å². The minimum absolute atomic E-state index is 0.529. The van der Waals surface area contributed by atoms with Crippen LogP contribution in [-0.4, -0.2) is 63.3 Å². The fourth-order valence-electron chi connectivity index (χ4n) is 3.09. The summed E-state index contributed by atoms with van der Waals surface area (Å²) in [6.45, 7) is 14.4. The van der Waals surface area contributed by atoms with Crippen molar-refractivity contribution in [2.45, 2.75) is 53.1 Å². The number of aliphatic imine (C=N–C) groups is 1. The third kappa shape index (κ3) is 8.08. The fraction of sp³-hybridized carbons (Fsp3) is 0.667. The first-order valence-corrected chi connectivity index (χ1v) is 9.91. The fourth-order valence-corrected chi connectivity index (χ4v) is 3.09. The number of ether oxygens (including phenoxy) is 2. The van der Waals surface area contributed by atoms with Gasteiger partial charge in [0, 0.05) is 31.7 Å². The summed E-state index contributed by atoms with van der Waals surface area (Å²) in [6, 6.07) is 7.09. The van der Waals surface area contributed by atoms with Gasteiger partial charge in [-0.3, -0.25) is 9.89 Å². The van der Waals surface area contributed by atoms with Crippen LogP contribution >= 0.6 is 0 Å². The van der Waals surface area contributed by atoms with E-state index >= 15 is 0 Å². The maximum Gasteiger partial charge on any atom is 0.191 e. The standard InChI is InChI=1S/C21H38N4O2/c1-8-22-21(24-13-14-25(16(2)3)17(4)5)23-12-11-18-9-10-19(26-6)20(15-18)27-7/h9-10,15-17H,8,11-14H2,1-7H3,(H2,22,23,24). The van der Waals surface area contributed by atoms with E-state index in [4.69, 9.17) is 14.5 Å². The highest BCUT2D eigenvalue weighted by molar-refractivity contribution is 5.79. The lowest BCUT2D eigenvalue weighted by Gasteiger charge is -2.29. The third-order valence-electron chi connectivity index (χ3n) is 4.45. The Bertz CT molecular complexity index is 565. The quantitative estimate of drug-likeness (QED) is 0.458. The lowest BCUT2D eigenvalue weighted by molar-refractivity contribution is 0.181. The third-order valence-corrected chi connectivity index (χ3v) is 4.45. The topological polar surface area (TPSA) is 58.1 Å². The van der Waals surface area contributed by atoms with Crippen LogP contribution in [0.15, 0.2) is 23.2 Å². The number of rotatable bonds is 11. The molecule has 1 aromatic rings. The van der Waals surface area contributed by atoms with E-state index in [0.717, 1.165) is 50.1 Å². The van der Waals surface area contributed by atoms with Crippen molar-refractivity contribution in [3.63, 3.8) is 0 Å². The molecule has 1 aromatic carbocycles. The van der Waals surface area contributed by atoms with Gasteiger partial charge in [-0.05, 0) is 58.7 Å². The maximum atomic E-state index is 5.37. The zero-order valence-electron chi connectivity index (χ0n) is 18.1. The molecule has 0 heterocycles. The van der Waals surface area contributed by atoms with Crippen molar-refractivity contribution in [1.82, 2.24) is 15.5 Å². The number of guanidine groups is 1. The van der Waals surface area contributed by atoms with Crippen LogP contribution in [0, 0.1) is 0 Å². The van der Waals surface area contributed by atoms with E-state index in [1.165, 1.54) is 5.56 Å². The van der Waals surface area contributed by atoms with Gasteiger partial charge in [0.25, 0.3) is 0 Å². The average molecular weight is 379 g/mol. The van der Waals surface area contributed by atoms with Gasteiger partial charge in [-0.15, -0.1) is 0 Å². The van der Waals surface area contributed by atoms with Crippen LogP contribution < -0.4 is 20.1 Å². The molecule has 6 nitrogen and oxygen atoms in total. The minimum Gasteiger partial charge on any atom is -0.493 e. The summed E-state index contributed by atoms with van der Waals surface area (Å²) in [4.78, 5) is 7.17. The van der Waals surface area contributed by atoms with Gasteiger partial charge in [-0.1, -0.05) is 6.07 Å². The Hall–Kier alpha value is -1.95. The normalized spacial score (nSPS) is 12.0. The summed E-state index contributed by atoms with van der Waals surface area (Å²) in [5.41, 5.74) is 1.20. The molecule has 0 fully saturated rings. The van der Waals surface area contributed by atoms with Crippen LogP contribution in [-0.2, 0) is 6.42 Å². The molecule has 6 heteroatoms. The lowest BCUT2D eigenvalue weighted by Crippen LogP contribution is -2.41. The molecule has 0 saturated heterocycles. The van der Waals surface area contributed by atoms with Crippen LogP contribution in [0.2, 0.25) is 0 Å². The number of hydrogen-bond acceptors (Lipinski definition) is 4. The summed E-state index contributed by atoms with van der Waals surface area (Å²) in [6.07, 6.45) is 0.884. The summed E-state index contributed by atoms with van der Waals surface area (Å²) < 4.78 is 10.7. The van der Waals surface area contributed by atoms with Crippen molar-refractivity contribution in [2.24, 2.45) is 4.99 Å². The molecule has 0 aliphatic rings. The molecule has 0 atom stereocenters. The largest absolute Gasteiger partial charge is 0.493 e. The zero-order valence-corrected chi connectivity index (χ0v) is 18.1. The molecular weight excluding hydrogens is 340 g/mol. The molecule has 0 aliphatic carbocycles. The van der Waals surface area contributed by atoms with Gasteiger partial charge in [0.1, 0.15) is 0 Å². The molecule has 1 rings (SSSR count). The predicted octanol–water partition coefficient (Wildman–Crippen LogP) is 2.92. The number of nitrogens with zero attached hydrogens (tertiary/aromatic N) is 2. The highest BCUT2D eigenvalue weighted by Crippen LogP contribution is 2.27. The van der Waals surface area contributed by atoms with Gasteiger partial charge in [-0.2, -0.15) is 0 Å². The van der Waals surface area contributed by atoms with E-state index in [1.54, 1.807) is 14.2 Å². The first kappa shape index (κ1) is 23.1. The molecule has 0 unspecified atom stereocenters. The second kappa shape index (κ2) is 12.4. The molecule has 27 heavy (non-hydrogen) atoms. The van der Waals surface area contributed by atoms with E-state index in [2.05, 4.69) is 56.2 Å². The molecule has 0 aromatic heterocycles. The SMILES string of the molecule is CCNC(=NCCN(C(C)C)C(C)C)NCCc1ccc(OC)c(OC)c1. The molecule has 2 N–H and O–H groups in total. The van der Waals surface area contributed by atoms with Crippen LogP contribution in [0.1, 0.15) is 40.2 Å². The lowest BCUT2D eigenvalue weighted by atomic mass is 10.1. The van der Waals surface area contributed by atoms with Gasteiger partial charge >= 0.3 is 0 Å². The monoisotopic (exact) mass is 378 g/mol. The second-order valence-corrected chi connectivity index (χ2v) is 7.05. The van der Waals surface area contributed by atoms with E-state index in [0.29, 0.717) is 12.1 Å². The van der Waals surface area contributed by atoms with Gasteiger partial charge in [0.2, 0.25) is 0 Å². The summed E-state index contributed by atoms with van der Waals surface area (Å²) in [5.74, 6) is 2.38. The van der Waals surface area contributed by atoms with Gasteiger partial charge in [-0.25, -0.2) is 0 Å². The predicted molar refractivity (Wildman–Crippen MR) is 114 cm³/mol. The Labute approximate surface area is 165 Å². The van der Waals surface area contributed by atoms with E-state index < -0.39 is 0 Å². The van der Waals surface area contributed by atoms with Crippen molar-refractivity contribution >= 4 is 5.96 Å². The molecule has 0 bridgehead atoms. The Kier molecular flexibility index (Phi) is 10.6. The van der Waals surface area contributed by atoms with Gasteiger partial charge < -0.3 is 20.1 Å². The Balaban J connectivity index is 2.57. The van der Waals surface area contributed by atoms with Crippen LogP contribution in [0.4, 0.5) is 0 Å². The van der Waals surface area contributed by atoms with Crippen LogP contribution in [0.25, 0.3) is 0 Å². The Morgan fingerprint density at radius 3 is 2.26 bits per heavy atom. The summed E-state index contributed by atoms with van der Waals surface area (Å²) >= 11 is 0. The summed E-state index contributed by atoms with van der Waals surface area (Å²) in [5, 5.41) is 6.73. The van der Waals surface area contributed by atoms with Crippen molar-refractivity contribution in [3.05, 3.63) is 23.8 Å². The Morgan fingerprint density at radius 1 is 1.04 bits per heavy atom. The van der Waals surface area contributed by atoms with Gasteiger partial charge in [0.05, 0.1) is 20.8 Å². The molecule has 154 valence electrons. The molecule has 0 spiro atoms. The maximum absolute atomic E-state index is 5.37. The number of methoxy groups -OCH3 is 2. The van der Waals surface area contributed by atoms with E-state index in [9.17, 15) is 0 Å². The number of hydrogen-bond donors (Lipinski definition) is 2. The van der Waals surface area contributed by atoms with Crippen molar-refractivity contribution in [3.8, 4) is 11.5 Å². The molecule has 0 radical (unpaired) electrons. The second-order valence-electron chi connectivity index (χ2n) is 7.05. The minimum atomic E-state index is 0.529. The number of benzene rings is 1. The highest BCUT2D eigenvalue weighted by Gasteiger charge is 2.12. The molecule has 0 saturated carbocycles. The molecular formula is C21H38N4O2. The Morgan fingerprint density at radius 2 is 1.70 bits per heavy atom. The number of nitrogens with one attached hydrogen (secondary N) is 2. The van der Waals surface area contributed by atoms with Crippen LogP contribution in [0.5, 0.6) is 11.5 Å². The first-order valence-electron chi connectivity index (χ1n) is 9.91. The summed E-state index contributed by atoms with van der Waals surface area (Å²) in [7, 11) is 3.31. The van der Waals surface area contributed by atoms with Crippen molar-refractivity contribution in [2.75, 3.05) is 40.4 Å². The van der Waals surface area contributed by atoms with Gasteiger partial charge in [0.15, 0.2) is 17.5 Å².